The Morgan fingerprint density at radius 2 is 1.45 bits per heavy atom. The highest BCUT2D eigenvalue weighted by molar-refractivity contribution is 7.88. The lowest BCUT2D eigenvalue weighted by Gasteiger charge is -2.33. The fraction of sp³-hybridized carbons (Fsp3) is 0.292. The molecular formula is C24H26N2O2S. The van der Waals surface area contributed by atoms with E-state index in [0.29, 0.717) is 6.54 Å². The first kappa shape index (κ1) is 19.8. The number of benzene rings is 2. The van der Waals surface area contributed by atoms with Crippen LogP contribution in [0.1, 0.15) is 36.0 Å². The zero-order chi connectivity index (χ0) is 20.3. The topological polar surface area (TPSA) is 59.1 Å². The van der Waals surface area contributed by atoms with Crippen molar-refractivity contribution in [1.82, 2.24) is 9.71 Å². The SMILES string of the molecule is CS(=O)(=O)NCCCCC1(Cc2ccncc2)c2ccccc2-c2ccccc21. The summed E-state index contributed by atoms with van der Waals surface area (Å²) in [5, 5.41) is 0. The van der Waals surface area contributed by atoms with Gasteiger partial charge in [0.05, 0.1) is 6.26 Å². The molecule has 0 spiro atoms. The largest absolute Gasteiger partial charge is 0.265 e. The van der Waals surface area contributed by atoms with Gasteiger partial charge in [0, 0.05) is 24.4 Å². The van der Waals surface area contributed by atoms with Crippen molar-refractivity contribution in [2.24, 2.45) is 0 Å². The number of pyridine rings is 1. The van der Waals surface area contributed by atoms with E-state index in [1.165, 1.54) is 34.1 Å². The first-order chi connectivity index (χ1) is 14.0. The van der Waals surface area contributed by atoms with Crippen LogP contribution < -0.4 is 4.72 Å². The highest BCUT2D eigenvalue weighted by Gasteiger charge is 2.42. The van der Waals surface area contributed by atoms with Crippen molar-refractivity contribution >= 4 is 10.0 Å². The number of rotatable bonds is 8. The Morgan fingerprint density at radius 1 is 0.862 bits per heavy atom. The molecular weight excluding hydrogens is 380 g/mol. The maximum Gasteiger partial charge on any atom is 0.208 e. The Hall–Kier alpha value is -2.50. The van der Waals surface area contributed by atoms with Gasteiger partial charge < -0.3 is 0 Å². The van der Waals surface area contributed by atoms with Gasteiger partial charge in [-0.15, -0.1) is 0 Å². The number of hydrogen-bond acceptors (Lipinski definition) is 3. The lowest BCUT2D eigenvalue weighted by atomic mass is 9.70. The van der Waals surface area contributed by atoms with Gasteiger partial charge in [-0.25, -0.2) is 13.1 Å². The van der Waals surface area contributed by atoms with Crippen molar-refractivity contribution in [2.45, 2.75) is 31.1 Å². The summed E-state index contributed by atoms with van der Waals surface area (Å²) in [5.41, 5.74) is 6.52. The molecule has 3 aromatic rings. The molecule has 0 saturated heterocycles. The zero-order valence-electron chi connectivity index (χ0n) is 16.6. The van der Waals surface area contributed by atoms with E-state index < -0.39 is 10.0 Å². The molecule has 1 aliphatic carbocycles. The minimum atomic E-state index is -3.14. The molecule has 0 aliphatic heterocycles. The van der Waals surface area contributed by atoms with Crippen LogP contribution in [-0.4, -0.2) is 26.2 Å². The molecule has 5 heteroatoms. The molecule has 29 heavy (non-hydrogen) atoms. The van der Waals surface area contributed by atoms with E-state index in [9.17, 15) is 8.42 Å². The Morgan fingerprint density at radius 3 is 2.03 bits per heavy atom. The van der Waals surface area contributed by atoms with E-state index in [1.807, 2.05) is 12.4 Å². The van der Waals surface area contributed by atoms with Crippen molar-refractivity contribution in [3.63, 3.8) is 0 Å². The summed E-state index contributed by atoms with van der Waals surface area (Å²) in [4.78, 5) is 4.18. The number of nitrogens with zero attached hydrogens (tertiary/aromatic N) is 1. The average Bonchev–Trinajstić information content (AvgIpc) is 2.98. The minimum Gasteiger partial charge on any atom is -0.265 e. The first-order valence-electron chi connectivity index (χ1n) is 10.0. The summed E-state index contributed by atoms with van der Waals surface area (Å²) >= 11 is 0. The molecule has 150 valence electrons. The minimum absolute atomic E-state index is 0.111. The smallest absolute Gasteiger partial charge is 0.208 e. The molecule has 0 atom stereocenters. The van der Waals surface area contributed by atoms with Gasteiger partial charge in [0.15, 0.2) is 0 Å². The third-order valence-electron chi connectivity index (χ3n) is 5.83. The Labute approximate surface area is 173 Å². The highest BCUT2D eigenvalue weighted by Crippen LogP contribution is 2.52. The summed E-state index contributed by atoms with van der Waals surface area (Å²) in [7, 11) is -3.14. The van der Waals surface area contributed by atoms with Crippen LogP contribution in [0, 0.1) is 0 Å². The van der Waals surface area contributed by atoms with Crippen LogP contribution in [0.25, 0.3) is 11.1 Å². The van der Waals surface area contributed by atoms with Crippen LogP contribution in [-0.2, 0) is 21.9 Å². The fourth-order valence-corrected chi connectivity index (χ4v) is 5.14. The van der Waals surface area contributed by atoms with Gasteiger partial charge in [-0.3, -0.25) is 4.98 Å². The maximum atomic E-state index is 11.4. The Kier molecular flexibility index (Phi) is 5.52. The second kappa shape index (κ2) is 8.09. The Bertz CT molecular complexity index is 1050. The van der Waals surface area contributed by atoms with Gasteiger partial charge in [-0.2, -0.15) is 0 Å². The van der Waals surface area contributed by atoms with Crippen LogP contribution in [0.5, 0.6) is 0 Å². The summed E-state index contributed by atoms with van der Waals surface area (Å²) < 4.78 is 25.3. The standard InChI is InChI=1S/C24H26N2O2S/c1-29(27,28)26-15-7-6-14-24(18-19-12-16-25-17-13-19)22-10-4-2-8-20(22)21-9-3-5-11-23(21)24/h2-5,8-13,16-17,26H,6-7,14-15,18H2,1H3. The number of nitrogens with one attached hydrogen (secondary N) is 1. The summed E-state index contributed by atoms with van der Waals surface area (Å²) in [6, 6.07) is 21.6. The highest BCUT2D eigenvalue weighted by atomic mass is 32.2. The summed E-state index contributed by atoms with van der Waals surface area (Å²) in [5.74, 6) is 0. The molecule has 1 aliphatic rings. The molecule has 2 aromatic carbocycles. The van der Waals surface area contributed by atoms with Crippen molar-refractivity contribution in [3.8, 4) is 11.1 Å². The van der Waals surface area contributed by atoms with E-state index in [4.69, 9.17) is 0 Å². The number of unbranched alkanes of at least 4 members (excludes halogenated alkanes) is 1. The van der Waals surface area contributed by atoms with Crippen molar-refractivity contribution < 1.29 is 8.42 Å². The van der Waals surface area contributed by atoms with Crippen LogP contribution in [0.15, 0.2) is 73.1 Å². The molecule has 0 bridgehead atoms. The van der Waals surface area contributed by atoms with Crippen molar-refractivity contribution in [2.75, 3.05) is 12.8 Å². The van der Waals surface area contributed by atoms with Crippen molar-refractivity contribution in [3.05, 3.63) is 89.7 Å². The molecule has 0 fully saturated rings. The van der Waals surface area contributed by atoms with Crippen LogP contribution in [0.4, 0.5) is 0 Å². The van der Waals surface area contributed by atoms with E-state index in [-0.39, 0.29) is 5.41 Å². The molecule has 0 saturated carbocycles. The lowest BCUT2D eigenvalue weighted by molar-refractivity contribution is 0.452. The summed E-state index contributed by atoms with van der Waals surface area (Å²) in [6.07, 6.45) is 8.54. The molecule has 0 amide bonds. The molecule has 1 N–H and O–H groups in total. The van der Waals surface area contributed by atoms with E-state index in [0.717, 1.165) is 25.7 Å². The Balaban J connectivity index is 1.69. The van der Waals surface area contributed by atoms with E-state index >= 15 is 0 Å². The second-order valence-corrected chi connectivity index (χ2v) is 9.66. The van der Waals surface area contributed by atoms with Crippen LogP contribution in [0.3, 0.4) is 0 Å². The number of aromatic nitrogens is 1. The quantitative estimate of drug-likeness (QED) is 0.567. The van der Waals surface area contributed by atoms with Crippen LogP contribution in [0.2, 0.25) is 0 Å². The van der Waals surface area contributed by atoms with Gasteiger partial charge in [-0.05, 0) is 59.2 Å². The maximum absolute atomic E-state index is 11.4. The number of hydrogen-bond donors (Lipinski definition) is 1. The zero-order valence-corrected chi connectivity index (χ0v) is 17.5. The molecule has 4 rings (SSSR count). The molecule has 0 unspecified atom stereocenters. The third-order valence-corrected chi connectivity index (χ3v) is 6.55. The molecule has 0 radical (unpaired) electrons. The first-order valence-corrected chi connectivity index (χ1v) is 11.9. The second-order valence-electron chi connectivity index (χ2n) is 7.83. The molecule has 4 nitrogen and oxygen atoms in total. The van der Waals surface area contributed by atoms with Gasteiger partial charge >= 0.3 is 0 Å². The van der Waals surface area contributed by atoms with Gasteiger partial charge in [0.25, 0.3) is 0 Å². The number of sulfonamides is 1. The lowest BCUT2D eigenvalue weighted by Crippen LogP contribution is -2.29. The van der Waals surface area contributed by atoms with Crippen molar-refractivity contribution in [1.29, 1.82) is 0 Å². The van der Waals surface area contributed by atoms with E-state index in [2.05, 4.69) is 70.4 Å². The number of fused-ring (bicyclic) bond motifs is 3. The predicted molar refractivity (Wildman–Crippen MR) is 117 cm³/mol. The third kappa shape index (κ3) is 4.11. The normalized spacial score (nSPS) is 14.4. The van der Waals surface area contributed by atoms with Crippen LogP contribution >= 0.6 is 0 Å². The van der Waals surface area contributed by atoms with Gasteiger partial charge in [0.1, 0.15) is 0 Å². The van der Waals surface area contributed by atoms with Gasteiger partial charge in [-0.1, -0.05) is 55.0 Å². The average molecular weight is 407 g/mol. The molecule has 1 heterocycles. The monoisotopic (exact) mass is 406 g/mol. The molecule has 1 aromatic heterocycles. The fourth-order valence-electron chi connectivity index (χ4n) is 4.62. The van der Waals surface area contributed by atoms with E-state index in [1.54, 1.807) is 0 Å². The predicted octanol–water partition coefficient (Wildman–Crippen LogP) is 4.31. The van der Waals surface area contributed by atoms with Gasteiger partial charge in [0.2, 0.25) is 10.0 Å². The summed E-state index contributed by atoms with van der Waals surface area (Å²) in [6.45, 7) is 0.480.